The Labute approximate surface area is 78.7 Å². The second-order valence-electron chi connectivity index (χ2n) is 2.62. The zero-order chi connectivity index (χ0) is 10.8. The Morgan fingerprint density at radius 2 is 2.14 bits per heavy atom. The third-order valence-electron chi connectivity index (χ3n) is 1.68. The summed E-state index contributed by atoms with van der Waals surface area (Å²) in [5.41, 5.74) is 4.84. The Morgan fingerprint density at radius 1 is 1.50 bits per heavy atom. The van der Waals surface area contributed by atoms with Crippen LogP contribution in [0.1, 0.15) is 11.6 Å². The lowest BCUT2D eigenvalue weighted by molar-refractivity contribution is -0.149. The van der Waals surface area contributed by atoms with Crippen molar-refractivity contribution in [2.45, 2.75) is 12.2 Å². The fourth-order valence-corrected chi connectivity index (χ4v) is 0.987. The molecule has 0 aliphatic rings. The smallest absolute Gasteiger partial charge is 0.407 e. The number of nitrogens with zero attached hydrogens (tertiary/aromatic N) is 1. The van der Waals surface area contributed by atoms with E-state index in [0.29, 0.717) is 0 Å². The van der Waals surface area contributed by atoms with Crippen molar-refractivity contribution in [1.82, 2.24) is 4.98 Å². The summed E-state index contributed by atoms with van der Waals surface area (Å²) >= 11 is 0. The number of rotatable bonds is 2. The maximum absolute atomic E-state index is 12.2. The number of ether oxygens (including phenoxy) is 1. The molecular formula is C8H9F3N2O. The highest BCUT2D eigenvalue weighted by molar-refractivity contribution is 5.29. The van der Waals surface area contributed by atoms with E-state index >= 15 is 0 Å². The van der Waals surface area contributed by atoms with E-state index in [2.05, 4.69) is 9.72 Å². The Bertz CT molecular complexity index is 314. The van der Waals surface area contributed by atoms with Gasteiger partial charge in [-0.1, -0.05) is 6.07 Å². The number of hydrogen-bond donors (Lipinski definition) is 1. The molecule has 1 atom stereocenters. The van der Waals surface area contributed by atoms with Gasteiger partial charge < -0.3 is 10.5 Å². The maximum atomic E-state index is 12.2. The molecule has 0 spiro atoms. The first kappa shape index (κ1) is 10.8. The first-order chi connectivity index (χ1) is 6.46. The average Bonchev–Trinajstić information content (AvgIpc) is 2.15. The minimum atomic E-state index is -4.49. The van der Waals surface area contributed by atoms with Gasteiger partial charge in [0, 0.05) is 11.8 Å². The summed E-state index contributed by atoms with van der Waals surface area (Å²) in [6.45, 7) is 0. The average molecular weight is 206 g/mol. The lowest BCUT2D eigenvalue weighted by Gasteiger charge is -2.17. The first-order valence-corrected chi connectivity index (χ1v) is 3.78. The number of alkyl halides is 3. The predicted molar refractivity (Wildman–Crippen MR) is 43.8 cm³/mol. The van der Waals surface area contributed by atoms with Crippen molar-refractivity contribution in [3.63, 3.8) is 0 Å². The Kier molecular flexibility index (Phi) is 2.95. The SMILES string of the molecule is COc1ncccc1C(N)C(F)(F)F. The minimum Gasteiger partial charge on any atom is -0.481 e. The van der Waals surface area contributed by atoms with E-state index in [4.69, 9.17) is 5.73 Å². The molecule has 0 aliphatic heterocycles. The van der Waals surface area contributed by atoms with Gasteiger partial charge in [0.15, 0.2) is 0 Å². The van der Waals surface area contributed by atoms with Crippen LogP contribution in [-0.2, 0) is 0 Å². The van der Waals surface area contributed by atoms with Crippen molar-refractivity contribution in [2.75, 3.05) is 7.11 Å². The summed E-state index contributed by atoms with van der Waals surface area (Å²) in [4.78, 5) is 3.63. The number of pyridine rings is 1. The number of methoxy groups -OCH3 is 1. The van der Waals surface area contributed by atoms with Crippen LogP contribution in [-0.4, -0.2) is 18.3 Å². The lowest BCUT2D eigenvalue weighted by Crippen LogP contribution is -2.29. The molecule has 1 heterocycles. The van der Waals surface area contributed by atoms with Gasteiger partial charge in [-0.25, -0.2) is 4.98 Å². The number of aromatic nitrogens is 1. The van der Waals surface area contributed by atoms with Crippen LogP contribution < -0.4 is 10.5 Å². The van der Waals surface area contributed by atoms with Crippen LogP contribution in [0.15, 0.2) is 18.3 Å². The van der Waals surface area contributed by atoms with Crippen LogP contribution in [0, 0.1) is 0 Å². The molecule has 1 aromatic heterocycles. The van der Waals surface area contributed by atoms with Gasteiger partial charge in [-0.15, -0.1) is 0 Å². The van der Waals surface area contributed by atoms with Crippen LogP contribution in [0.5, 0.6) is 5.88 Å². The standard InChI is InChI=1S/C8H9F3N2O/c1-14-7-5(3-2-4-13-7)6(12)8(9,10)11/h2-4,6H,12H2,1H3. The number of hydrogen-bond acceptors (Lipinski definition) is 3. The molecule has 0 fully saturated rings. The van der Waals surface area contributed by atoms with Gasteiger partial charge >= 0.3 is 6.18 Å². The summed E-state index contributed by atoms with van der Waals surface area (Å²) in [6, 6.07) is 0.555. The summed E-state index contributed by atoms with van der Waals surface area (Å²) in [5, 5.41) is 0. The Hall–Kier alpha value is -1.30. The molecule has 0 aliphatic carbocycles. The fourth-order valence-electron chi connectivity index (χ4n) is 0.987. The van der Waals surface area contributed by atoms with E-state index in [0.717, 1.165) is 0 Å². The lowest BCUT2D eigenvalue weighted by atomic mass is 10.1. The molecule has 0 aromatic carbocycles. The number of nitrogens with two attached hydrogens (primary N) is 1. The zero-order valence-corrected chi connectivity index (χ0v) is 7.38. The van der Waals surface area contributed by atoms with Crippen LogP contribution >= 0.6 is 0 Å². The van der Waals surface area contributed by atoms with Gasteiger partial charge in [0.05, 0.1) is 7.11 Å². The van der Waals surface area contributed by atoms with Crippen LogP contribution in [0.4, 0.5) is 13.2 Å². The van der Waals surface area contributed by atoms with Crippen molar-refractivity contribution >= 4 is 0 Å². The summed E-state index contributed by atoms with van der Waals surface area (Å²) in [5.74, 6) is -0.0997. The van der Waals surface area contributed by atoms with E-state index in [1.807, 2.05) is 0 Å². The second kappa shape index (κ2) is 3.83. The summed E-state index contributed by atoms with van der Waals surface area (Å²) in [6.07, 6.45) is -3.15. The first-order valence-electron chi connectivity index (χ1n) is 3.78. The van der Waals surface area contributed by atoms with Gasteiger partial charge in [-0.05, 0) is 6.07 Å². The van der Waals surface area contributed by atoms with Crippen molar-refractivity contribution in [3.05, 3.63) is 23.9 Å². The third kappa shape index (κ3) is 2.14. The molecule has 2 N–H and O–H groups in total. The normalized spacial score (nSPS) is 13.8. The monoisotopic (exact) mass is 206 g/mol. The zero-order valence-electron chi connectivity index (χ0n) is 7.38. The molecule has 0 saturated carbocycles. The highest BCUT2D eigenvalue weighted by atomic mass is 19.4. The van der Waals surface area contributed by atoms with Crippen molar-refractivity contribution in [1.29, 1.82) is 0 Å². The van der Waals surface area contributed by atoms with E-state index in [-0.39, 0.29) is 11.4 Å². The molecule has 0 radical (unpaired) electrons. The fraction of sp³-hybridized carbons (Fsp3) is 0.375. The largest absolute Gasteiger partial charge is 0.481 e. The molecular weight excluding hydrogens is 197 g/mol. The molecule has 0 saturated heterocycles. The molecule has 3 nitrogen and oxygen atoms in total. The van der Waals surface area contributed by atoms with Gasteiger partial charge in [-0.2, -0.15) is 13.2 Å². The van der Waals surface area contributed by atoms with Crippen molar-refractivity contribution in [3.8, 4) is 5.88 Å². The van der Waals surface area contributed by atoms with E-state index in [9.17, 15) is 13.2 Å². The molecule has 1 rings (SSSR count). The minimum absolute atomic E-state index is 0.0997. The van der Waals surface area contributed by atoms with Crippen LogP contribution in [0.3, 0.4) is 0 Å². The van der Waals surface area contributed by atoms with E-state index in [1.54, 1.807) is 0 Å². The van der Waals surface area contributed by atoms with Crippen molar-refractivity contribution < 1.29 is 17.9 Å². The topological polar surface area (TPSA) is 48.1 Å². The highest BCUT2D eigenvalue weighted by Crippen LogP contribution is 2.33. The molecule has 78 valence electrons. The van der Waals surface area contributed by atoms with Crippen molar-refractivity contribution in [2.24, 2.45) is 5.73 Å². The van der Waals surface area contributed by atoms with Crippen LogP contribution in [0.25, 0.3) is 0 Å². The highest BCUT2D eigenvalue weighted by Gasteiger charge is 2.39. The van der Waals surface area contributed by atoms with Gasteiger partial charge in [0.25, 0.3) is 0 Å². The second-order valence-corrected chi connectivity index (χ2v) is 2.62. The molecule has 1 aromatic rings. The predicted octanol–water partition coefficient (Wildman–Crippen LogP) is 1.65. The van der Waals surface area contributed by atoms with Gasteiger partial charge in [0.2, 0.25) is 5.88 Å². The Balaban J connectivity index is 3.06. The quantitative estimate of drug-likeness (QED) is 0.800. The third-order valence-corrected chi connectivity index (χ3v) is 1.68. The van der Waals surface area contributed by atoms with Crippen LogP contribution in [0.2, 0.25) is 0 Å². The maximum Gasteiger partial charge on any atom is 0.407 e. The van der Waals surface area contributed by atoms with E-state index < -0.39 is 12.2 Å². The van der Waals surface area contributed by atoms with E-state index in [1.165, 1.54) is 25.4 Å². The summed E-state index contributed by atoms with van der Waals surface area (Å²) < 4.78 is 41.4. The Morgan fingerprint density at radius 3 is 2.64 bits per heavy atom. The van der Waals surface area contributed by atoms with Gasteiger partial charge in [0.1, 0.15) is 6.04 Å². The molecule has 1 unspecified atom stereocenters. The molecule has 14 heavy (non-hydrogen) atoms. The van der Waals surface area contributed by atoms with Gasteiger partial charge in [-0.3, -0.25) is 0 Å². The molecule has 0 bridgehead atoms. The number of halogens is 3. The molecule has 0 amide bonds. The summed E-state index contributed by atoms with van der Waals surface area (Å²) in [7, 11) is 1.24. The molecule has 6 heteroatoms.